The molecule has 35 heavy (non-hydrogen) atoms. The maximum atomic E-state index is 13.8. The minimum Gasteiger partial charge on any atom is -0.383 e. The quantitative estimate of drug-likeness (QED) is 0.394. The van der Waals surface area contributed by atoms with E-state index in [1.54, 1.807) is 9.25 Å². The van der Waals surface area contributed by atoms with Crippen molar-refractivity contribution in [2.75, 3.05) is 5.73 Å². The molecule has 0 aliphatic carbocycles. The maximum absolute atomic E-state index is 13.8. The molecule has 0 bridgehead atoms. The van der Waals surface area contributed by atoms with E-state index in [2.05, 4.69) is 9.97 Å². The second-order valence-electron chi connectivity index (χ2n) is 8.63. The predicted molar refractivity (Wildman–Crippen MR) is 135 cm³/mol. The van der Waals surface area contributed by atoms with Gasteiger partial charge in [-0.3, -0.25) is 14.2 Å². The van der Waals surface area contributed by atoms with Gasteiger partial charge in [-0.1, -0.05) is 36.4 Å². The van der Waals surface area contributed by atoms with E-state index in [0.717, 1.165) is 27.9 Å². The number of benzene rings is 2. The number of fused-ring (bicyclic) bond motifs is 2. The number of nitrogens with two attached hydrogens (primary N) is 2. The van der Waals surface area contributed by atoms with E-state index in [-0.39, 0.29) is 24.3 Å². The number of hydrogen-bond acceptors (Lipinski definition) is 6. The summed E-state index contributed by atoms with van der Waals surface area (Å²) < 4.78 is 3.45. The number of rotatable bonds is 6. The van der Waals surface area contributed by atoms with Gasteiger partial charge in [0.25, 0.3) is 5.56 Å². The highest BCUT2D eigenvalue weighted by Gasteiger charge is 2.19. The highest BCUT2D eigenvalue weighted by atomic mass is 16.1. The Bertz CT molecular complexity index is 1670. The summed E-state index contributed by atoms with van der Waals surface area (Å²) in [6, 6.07) is 15.6. The molecule has 5 aromatic rings. The van der Waals surface area contributed by atoms with Crippen LogP contribution in [0.3, 0.4) is 0 Å². The number of anilines is 1. The molecule has 176 valence electrons. The van der Waals surface area contributed by atoms with Crippen molar-refractivity contribution in [3.63, 3.8) is 0 Å². The average Bonchev–Trinajstić information content (AvgIpc) is 3.17. The van der Waals surface area contributed by atoms with Crippen LogP contribution in [0, 0.1) is 13.8 Å². The van der Waals surface area contributed by atoms with Crippen LogP contribution in [0.15, 0.2) is 59.7 Å². The largest absolute Gasteiger partial charge is 0.383 e. The van der Waals surface area contributed by atoms with E-state index in [1.807, 2.05) is 62.4 Å². The van der Waals surface area contributed by atoms with Gasteiger partial charge in [-0.2, -0.15) is 5.10 Å². The highest BCUT2D eigenvalue weighted by Crippen LogP contribution is 2.25. The summed E-state index contributed by atoms with van der Waals surface area (Å²) in [4.78, 5) is 33.8. The van der Waals surface area contributed by atoms with Gasteiger partial charge in [-0.25, -0.2) is 14.6 Å². The Morgan fingerprint density at radius 3 is 2.54 bits per heavy atom. The maximum Gasteiger partial charge on any atom is 0.263 e. The fourth-order valence-electron chi connectivity index (χ4n) is 4.57. The Labute approximate surface area is 201 Å². The molecule has 0 saturated carbocycles. The van der Waals surface area contributed by atoms with Crippen LogP contribution in [0.25, 0.3) is 27.5 Å². The van der Waals surface area contributed by atoms with E-state index in [1.165, 1.54) is 6.33 Å². The number of nitrogens with zero attached hydrogens (tertiary/aromatic N) is 5. The molecule has 0 fully saturated rings. The highest BCUT2D eigenvalue weighted by molar-refractivity contribution is 5.89. The molecule has 0 radical (unpaired) electrons. The Hall–Kier alpha value is -4.53. The van der Waals surface area contributed by atoms with Crippen LogP contribution in [0.4, 0.5) is 5.82 Å². The number of aromatic nitrogens is 5. The second kappa shape index (κ2) is 8.68. The molecule has 9 nitrogen and oxygen atoms in total. The van der Waals surface area contributed by atoms with E-state index in [4.69, 9.17) is 16.6 Å². The zero-order valence-corrected chi connectivity index (χ0v) is 19.5. The zero-order chi connectivity index (χ0) is 24.7. The van der Waals surface area contributed by atoms with Crippen molar-refractivity contribution in [1.82, 2.24) is 24.3 Å². The standard InChI is InChI=1S/C26H25N7O2/c1-15-6-3-4-9-20(15)33-18(12-17-8-5-7-16(2)22(17)26(33)35)13-32-25-23(24(28)29-14-30-25)19(31-32)10-11-21(27)34/h3-9,12,14H,10-11,13H2,1-2H3,(H2,27,34)(H2,28,29,30). The first-order chi connectivity index (χ1) is 16.8. The Kier molecular flexibility index (Phi) is 5.52. The third-order valence-corrected chi connectivity index (χ3v) is 6.24. The number of hydrogen-bond donors (Lipinski definition) is 2. The molecule has 9 heteroatoms. The average molecular weight is 468 g/mol. The van der Waals surface area contributed by atoms with Crippen LogP contribution in [0.1, 0.15) is 28.9 Å². The molecule has 1 amide bonds. The molecule has 5 rings (SSSR count). The third-order valence-electron chi connectivity index (χ3n) is 6.24. The van der Waals surface area contributed by atoms with Gasteiger partial charge in [0.1, 0.15) is 12.1 Å². The van der Waals surface area contributed by atoms with Gasteiger partial charge in [0, 0.05) is 18.5 Å². The van der Waals surface area contributed by atoms with Crippen molar-refractivity contribution < 1.29 is 4.79 Å². The summed E-state index contributed by atoms with van der Waals surface area (Å²) in [5, 5.41) is 6.84. The minimum atomic E-state index is -0.429. The summed E-state index contributed by atoms with van der Waals surface area (Å²) >= 11 is 0. The smallest absolute Gasteiger partial charge is 0.263 e. The number of carbonyl (C=O) groups excluding carboxylic acids is 1. The number of para-hydroxylation sites is 1. The SMILES string of the molecule is Cc1ccccc1-n1c(Cn2nc(CCC(N)=O)c3c(N)ncnc32)cc2cccc(C)c2c1=O. The van der Waals surface area contributed by atoms with Gasteiger partial charge in [0.05, 0.1) is 28.7 Å². The van der Waals surface area contributed by atoms with Crippen LogP contribution in [0.2, 0.25) is 0 Å². The minimum absolute atomic E-state index is 0.0931. The molecule has 2 aromatic carbocycles. The van der Waals surface area contributed by atoms with Crippen LogP contribution >= 0.6 is 0 Å². The van der Waals surface area contributed by atoms with Gasteiger partial charge in [0.15, 0.2) is 5.65 Å². The van der Waals surface area contributed by atoms with Gasteiger partial charge in [0.2, 0.25) is 5.91 Å². The molecule has 3 aromatic heterocycles. The molecular weight excluding hydrogens is 442 g/mol. The van der Waals surface area contributed by atoms with Crippen molar-refractivity contribution in [3.8, 4) is 5.69 Å². The molecule has 0 aliphatic rings. The summed E-state index contributed by atoms with van der Waals surface area (Å²) in [5.41, 5.74) is 16.0. The van der Waals surface area contributed by atoms with Crippen LogP contribution in [-0.2, 0) is 17.8 Å². The monoisotopic (exact) mass is 467 g/mol. The van der Waals surface area contributed by atoms with Crippen molar-refractivity contribution >= 4 is 33.5 Å². The number of amides is 1. The van der Waals surface area contributed by atoms with Crippen LogP contribution < -0.4 is 17.0 Å². The van der Waals surface area contributed by atoms with Crippen molar-refractivity contribution in [3.05, 3.63) is 87.7 Å². The Balaban J connectivity index is 1.75. The third kappa shape index (κ3) is 3.90. The summed E-state index contributed by atoms with van der Waals surface area (Å²) in [5.74, 6) is -0.146. The van der Waals surface area contributed by atoms with Crippen molar-refractivity contribution in [1.29, 1.82) is 0 Å². The predicted octanol–water partition coefficient (Wildman–Crippen LogP) is 2.80. The summed E-state index contributed by atoms with van der Waals surface area (Å²) in [6.45, 7) is 4.18. The molecule has 0 spiro atoms. The lowest BCUT2D eigenvalue weighted by atomic mass is 10.1. The molecule has 0 unspecified atom stereocenters. The van der Waals surface area contributed by atoms with Crippen LogP contribution in [-0.4, -0.2) is 30.2 Å². The number of pyridine rings is 1. The van der Waals surface area contributed by atoms with Crippen molar-refractivity contribution in [2.24, 2.45) is 5.73 Å². The van der Waals surface area contributed by atoms with E-state index in [0.29, 0.717) is 28.5 Å². The number of nitrogen functional groups attached to an aromatic ring is 1. The lowest BCUT2D eigenvalue weighted by Crippen LogP contribution is -2.25. The number of aryl methyl sites for hydroxylation is 3. The zero-order valence-electron chi connectivity index (χ0n) is 19.5. The van der Waals surface area contributed by atoms with Gasteiger partial charge in [-0.15, -0.1) is 0 Å². The number of primary amides is 1. The lowest BCUT2D eigenvalue weighted by molar-refractivity contribution is -0.118. The van der Waals surface area contributed by atoms with E-state index in [9.17, 15) is 9.59 Å². The second-order valence-corrected chi connectivity index (χ2v) is 8.63. The fourth-order valence-corrected chi connectivity index (χ4v) is 4.57. The van der Waals surface area contributed by atoms with Crippen LogP contribution in [0.5, 0.6) is 0 Å². The lowest BCUT2D eigenvalue weighted by Gasteiger charge is -2.17. The first kappa shape index (κ1) is 22.3. The molecular formula is C26H25N7O2. The van der Waals surface area contributed by atoms with E-state index < -0.39 is 5.91 Å². The molecule has 4 N–H and O–H groups in total. The fraction of sp³-hybridized carbons (Fsp3) is 0.192. The molecule has 0 saturated heterocycles. The van der Waals surface area contributed by atoms with Crippen molar-refractivity contribution in [2.45, 2.75) is 33.2 Å². The summed E-state index contributed by atoms with van der Waals surface area (Å²) in [7, 11) is 0. The Morgan fingerprint density at radius 1 is 1.00 bits per heavy atom. The van der Waals surface area contributed by atoms with Gasteiger partial charge < -0.3 is 11.5 Å². The first-order valence-corrected chi connectivity index (χ1v) is 11.3. The number of carbonyl (C=O) groups is 1. The Morgan fingerprint density at radius 2 is 1.77 bits per heavy atom. The molecule has 3 heterocycles. The summed E-state index contributed by atoms with van der Waals surface area (Å²) in [6.07, 6.45) is 1.83. The van der Waals surface area contributed by atoms with Gasteiger partial charge >= 0.3 is 0 Å². The topological polar surface area (TPSA) is 135 Å². The normalized spacial score (nSPS) is 11.4. The van der Waals surface area contributed by atoms with Gasteiger partial charge in [-0.05, 0) is 42.5 Å². The van der Waals surface area contributed by atoms with E-state index >= 15 is 0 Å². The molecule has 0 aliphatic heterocycles. The molecule has 0 atom stereocenters. The first-order valence-electron chi connectivity index (χ1n) is 11.3.